The summed E-state index contributed by atoms with van der Waals surface area (Å²) in [4.78, 5) is 16.3. The van der Waals surface area contributed by atoms with E-state index in [1.54, 1.807) is 0 Å². The minimum Gasteiger partial charge on any atom is -0.340 e. The minimum atomic E-state index is -0.322. The molecule has 96 valence electrons. The third kappa shape index (κ3) is 2.70. The van der Waals surface area contributed by atoms with Crippen molar-refractivity contribution in [3.8, 4) is 0 Å². The van der Waals surface area contributed by atoms with Crippen molar-refractivity contribution in [2.45, 2.75) is 26.8 Å². The van der Waals surface area contributed by atoms with Crippen LogP contribution in [-0.4, -0.2) is 18.4 Å². The Morgan fingerprint density at radius 1 is 1.33 bits per heavy atom. The Morgan fingerprint density at radius 2 is 2.06 bits per heavy atom. The van der Waals surface area contributed by atoms with Crippen molar-refractivity contribution in [3.05, 3.63) is 35.4 Å². The van der Waals surface area contributed by atoms with Crippen molar-refractivity contribution < 1.29 is 4.79 Å². The van der Waals surface area contributed by atoms with E-state index in [0.29, 0.717) is 18.4 Å². The molecule has 1 heterocycles. The van der Waals surface area contributed by atoms with Gasteiger partial charge in [-0.15, -0.1) is 0 Å². The van der Waals surface area contributed by atoms with E-state index in [4.69, 9.17) is 0 Å². The Morgan fingerprint density at radius 3 is 2.72 bits per heavy atom. The molecule has 0 aromatic heterocycles. The van der Waals surface area contributed by atoms with Crippen LogP contribution in [0.1, 0.15) is 31.0 Å². The third-order valence-corrected chi connectivity index (χ3v) is 2.90. The molecule has 0 bridgehead atoms. The maximum absolute atomic E-state index is 11.9. The lowest BCUT2D eigenvalue weighted by molar-refractivity contribution is -0.120. The first-order valence-electron chi connectivity index (χ1n) is 6.25. The van der Waals surface area contributed by atoms with E-state index < -0.39 is 0 Å². The molecule has 1 fully saturated rings. The summed E-state index contributed by atoms with van der Waals surface area (Å²) in [7, 11) is 0. The molecular weight excluding hydrogens is 226 g/mol. The highest BCUT2D eigenvalue weighted by atomic mass is 16.2. The summed E-state index contributed by atoms with van der Waals surface area (Å²) in [6.07, 6.45) is 0. The van der Waals surface area contributed by atoms with Gasteiger partial charge in [0, 0.05) is 6.54 Å². The second-order valence-corrected chi connectivity index (χ2v) is 5.01. The summed E-state index contributed by atoms with van der Waals surface area (Å²) in [5.41, 5.74) is 2.11. The number of benzene rings is 1. The summed E-state index contributed by atoms with van der Waals surface area (Å²) in [6, 6.07) is 7.57. The van der Waals surface area contributed by atoms with Crippen LogP contribution >= 0.6 is 0 Å². The fraction of sp³-hybridized carbons (Fsp3) is 0.429. The zero-order valence-corrected chi connectivity index (χ0v) is 11.0. The van der Waals surface area contributed by atoms with Gasteiger partial charge in [-0.1, -0.05) is 38.1 Å². The van der Waals surface area contributed by atoms with Gasteiger partial charge in [0.25, 0.3) is 5.91 Å². The summed E-state index contributed by atoms with van der Waals surface area (Å²) in [5, 5.41) is 5.93. The van der Waals surface area contributed by atoms with Gasteiger partial charge in [0.05, 0.1) is 0 Å². The van der Waals surface area contributed by atoms with Crippen molar-refractivity contribution >= 4 is 11.9 Å². The van der Waals surface area contributed by atoms with E-state index in [1.165, 1.54) is 0 Å². The van der Waals surface area contributed by atoms with Crippen molar-refractivity contribution in [2.75, 3.05) is 6.54 Å². The van der Waals surface area contributed by atoms with Gasteiger partial charge in [0.1, 0.15) is 6.04 Å². The fourth-order valence-corrected chi connectivity index (χ4v) is 1.92. The van der Waals surface area contributed by atoms with Crippen molar-refractivity contribution in [1.29, 1.82) is 0 Å². The molecule has 4 nitrogen and oxygen atoms in total. The van der Waals surface area contributed by atoms with E-state index in [9.17, 15) is 4.79 Å². The number of carbonyl (C=O) groups excluding carboxylic acids is 1. The molecular formula is C14H19N3O. The molecule has 0 spiro atoms. The molecule has 1 unspecified atom stereocenters. The van der Waals surface area contributed by atoms with Crippen LogP contribution in [0.4, 0.5) is 0 Å². The van der Waals surface area contributed by atoms with Gasteiger partial charge in [0.15, 0.2) is 5.96 Å². The van der Waals surface area contributed by atoms with Crippen molar-refractivity contribution in [1.82, 2.24) is 10.6 Å². The number of aliphatic imine (C=N–C) groups is 1. The highest BCUT2D eigenvalue weighted by Gasteiger charge is 2.30. The molecule has 18 heavy (non-hydrogen) atoms. The maximum atomic E-state index is 11.9. The molecule has 0 radical (unpaired) electrons. The van der Waals surface area contributed by atoms with Gasteiger partial charge in [-0.2, -0.15) is 0 Å². The quantitative estimate of drug-likeness (QED) is 0.852. The van der Waals surface area contributed by atoms with Crippen LogP contribution in [0.2, 0.25) is 0 Å². The predicted octanol–water partition coefficient (Wildman–Crippen LogP) is 1.77. The Balaban J connectivity index is 2.15. The highest BCUT2D eigenvalue weighted by Crippen LogP contribution is 2.20. The first kappa shape index (κ1) is 12.6. The van der Waals surface area contributed by atoms with Gasteiger partial charge >= 0.3 is 0 Å². The lowest BCUT2D eigenvalue weighted by atomic mass is 10.0. The maximum Gasteiger partial charge on any atom is 0.253 e. The third-order valence-electron chi connectivity index (χ3n) is 2.90. The normalized spacial score (nSPS) is 21.2. The lowest BCUT2D eigenvalue weighted by Gasteiger charge is -2.10. The molecule has 2 rings (SSSR count). The predicted molar refractivity (Wildman–Crippen MR) is 72.3 cm³/mol. The number of amides is 1. The topological polar surface area (TPSA) is 53.5 Å². The first-order valence-corrected chi connectivity index (χ1v) is 6.25. The standard InChI is InChI=1S/C14H19N3O/c1-9(2)8-15-14-16-12(13(18)17-14)11-7-5-4-6-10(11)3/h4-7,9,12H,8H2,1-3H3,(H2,15,16,17,18). The zero-order valence-electron chi connectivity index (χ0n) is 11.0. The molecule has 2 N–H and O–H groups in total. The number of aryl methyl sites for hydroxylation is 1. The van der Waals surface area contributed by atoms with Crippen LogP contribution in [0, 0.1) is 12.8 Å². The van der Waals surface area contributed by atoms with E-state index in [1.807, 2.05) is 31.2 Å². The Hall–Kier alpha value is -1.84. The van der Waals surface area contributed by atoms with Gasteiger partial charge < -0.3 is 5.32 Å². The summed E-state index contributed by atoms with van der Waals surface area (Å²) >= 11 is 0. The van der Waals surface area contributed by atoms with Crippen molar-refractivity contribution in [2.24, 2.45) is 10.9 Å². The SMILES string of the molecule is Cc1ccccc1C1NC(=NCC(C)C)NC1=O. The number of guanidine groups is 1. The Labute approximate surface area is 108 Å². The number of rotatable bonds is 3. The zero-order chi connectivity index (χ0) is 13.1. The fourth-order valence-electron chi connectivity index (χ4n) is 1.92. The molecule has 1 aliphatic rings. The van der Waals surface area contributed by atoms with Crippen LogP contribution < -0.4 is 10.6 Å². The van der Waals surface area contributed by atoms with Crippen LogP contribution in [0.5, 0.6) is 0 Å². The average molecular weight is 245 g/mol. The summed E-state index contributed by atoms with van der Waals surface area (Å²) in [6.45, 7) is 6.91. The number of hydrogen-bond acceptors (Lipinski definition) is 2. The molecule has 1 aliphatic heterocycles. The van der Waals surface area contributed by atoms with E-state index in [2.05, 4.69) is 29.5 Å². The van der Waals surface area contributed by atoms with E-state index in [-0.39, 0.29) is 11.9 Å². The van der Waals surface area contributed by atoms with Gasteiger partial charge in [-0.05, 0) is 24.0 Å². The van der Waals surface area contributed by atoms with Crippen molar-refractivity contribution in [3.63, 3.8) is 0 Å². The summed E-state index contributed by atoms with van der Waals surface area (Å²) < 4.78 is 0. The number of hydrogen-bond donors (Lipinski definition) is 2. The van der Waals surface area contributed by atoms with E-state index in [0.717, 1.165) is 11.1 Å². The molecule has 1 amide bonds. The molecule has 1 aromatic rings. The smallest absolute Gasteiger partial charge is 0.253 e. The van der Waals surface area contributed by atoms with Crippen LogP contribution in [-0.2, 0) is 4.79 Å². The van der Waals surface area contributed by atoms with E-state index >= 15 is 0 Å². The van der Waals surface area contributed by atoms with Gasteiger partial charge in [-0.25, -0.2) is 0 Å². The Bertz CT molecular complexity index is 480. The molecule has 4 heteroatoms. The minimum absolute atomic E-state index is 0.0354. The van der Waals surface area contributed by atoms with Crippen LogP contribution in [0.15, 0.2) is 29.3 Å². The largest absolute Gasteiger partial charge is 0.340 e. The van der Waals surface area contributed by atoms with Crippen LogP contribution in [0.3, 0.4) is 0 Å². The number of carbonyl (C=O) groups is 1. The Kier molecular flexibility index (Phi) is 3.65. The molecule has 1 atom stereocenters. The van der Waals surface area contributed by atoms with Gasteiger partial charge in [0.2, 0.25) is 0 Å². The van der Waals surface area contributed by atoms with Gasteiger partial charge in [-0.3, -0.25) is 15.1 Å². The lowest BCUT2D eigenvalue weighted by Crippen LogP contribution is -2.26. The number of nitrogens with one attached hydrogen (secondary N) is 2. The second kappa shape index (κ2) is 5.21. The first-order chi connectivity index (χ1) is 8.58. The number of nitrogens with zero attached hydrogens (tertiary/aromatic N) is 1. The monoisotopic (exact) mass is 245 g/mol. The highest BCUT2D eigenvalue weighted by molar-refractivity contribution is 6.06. The van der Waals surface area contributed by atoms with Crippen LogP contribution in [0.25, 0.3) is 0 Å². The molecule has 1 aromatic carbocycles. The molecule has 0 aliphatic carbocycles. The molecule has 0 saturated carbocycles. The summed E-state index contributed by atoms with van der Waals surface area (Å²) in [5.74, 6) is 1.03. The second-order valence-electron chi connectivity index (χ2n) is 5.01. The molecule has 1 saturated heterocycles. The average Bonchev–Trinajstić information content (AvgIpc) is 2.69.